The molecule has 2 aromatic heterocycles. The van der Waals surface area contributed by atoms with E-state index in [4.69, 9.17) is 0 Å². The molecular weight excluding hydrogens is 370 g/mol. The van der Waals surface area contributed by atoms with Crippen LogP contribution in [0.15, 0.2) is 53.7 Å². The lowest BCUT2D eigenvalue weighted by atomic mass is 10.2. The molecule has 0 aliphatic carbocycles. The fraction of sp³-hybridized carbons (Fsp3) is 0.176. The predicted octanol–water partition coefficient (Wildman–Crippen LogP) is 2.18. The van der Waals surface area contributed by atoms with E-state index in [1.165, 1.54) is 12.1 Å². The maximum Gasteiger partial charge on any atom is 0.270 e. The first-order chi connectivity index (χ1) is 12.8. The Labute approximate surface area is 155 Å². The van der Waals surface area contributed by atoms with Gasteiger partial charge in [-0.2, -0.15) is 5.10 Å². The lowest BCUT2D eigenvalue weighted by Crippen LogP contribution is -2.24. The molecule has 0 spiro atoms. The summed E-state index contributed by atoms with van der Waals surface area (Å²) in [6.07, 6.45) is 3.33. The zero-order chi connectivity index (χ0) is 19.6. The minimum Gasteiger partial charge on any atom is -0.268 e. The lowest BCUT2D eigenvalue weighted by Gasteiger charge is -2.08. The van der Waals surface area contributed by atoms with Gasteiger partial charge in [0.05, 0.1) is 27.8 Å². The van der Waals surface area contributed by atoms with E-state index in [1.54, 1.807) is 37.1 Å². The summed E-state index contributed by atoms with van der Waals surface area (Å²) in [7, 11) is -2.16. The molecule has 0 saturated carbocycles. The van der Waals surface area contributed by atoms with Crippen LogP contribution in [-0.4, -0.2) is 28.1 Å². The molecule has 1 N–H and O–H groups in total. The Morgan fingerprint density at radius 1 is 1.19 bits per heavy atom. The zero-order valence-electron chi connectivity index (χ0n) is 14.7. The van der Waals surface area contributed by atoms with Crippen LogP contribution in [0.2, 0.25) is 0 Å². The van der Waals surface area contributed by atoms with Gasteiger partial charge in [0, 0.05) is 37.1 Å². The van der Waals surface area contributed by atoms with E-state index in [1.807, 2.05) is 12.1 Å². The van der Waals surface area contributed by atoms with Crippen molar-refractivity contribution in [1.29, 1.82) is 0 Å². The number of sulfonamides is 1. The Hall–Kier alpha value is -3.11. The van der Waals surface area contributed by atoms with Crippen LogP contribution in [0.1, 0.15) is 11.3 Å². The van der Waals surface area contributed by atoms with Gasteiger partial charge >= 0.3 is 0 Å². The highest BCUT2D eigenvalue weighted by Crippen LogP contribution is 2.22. The summed E-state index contributed by atoms with van der Waals surface area (Å²) in [5.74, 6) is 0. The normalized spacial score (nSPS) is 11.5. The Morgan fingerprint density at radius 2 is 1.89 bits per heavy atom. The van der Waals surface area contributed by atoms with Gasteiger partial charge in [-0.15, -0.1) is 0 Å². The monoisotopic (exact) mass is 387 g/mol. The van der Waals surface area contributed by atoms with Gasteiger partial charge in [-0.25, -0.2) is 13.1 Å². The molecule has 0 amide bonds. The van der Waals surface area contributed by atoms with E-state index in [0.717, 1.165) is 17.3 Å². The van der Waals surface area contributed by atoms with Crippen LogP contribution < -0.4 is 4.72 Å². The number of non-ortho nitro benzene ring substituents is 1. The van der Waals surface area contributed by atoms with Crippen LogP contribution >= 0.6 is 0 Å². The van der Waals surface area contributed by atoms with E-state index in [9.17, 15) is 18.5 Å². The molecule has 10 heteroatoms. The first-order valence-corrected chi connectivity index (χ1v) is 9.44. The predicted molar refractivity (Wildman–Crippen MR) is 98.3 cm³/mol. The maximum atomic E-state index is 12.6. The van der Waals surface area contributed by atoms with Gasteiger partial charge in [-0.1, -0.05) is 6.07 Å². The van der Waals surface area contributed by atoms with Crippen molar-refractivity contribution in [1.82, 2.24) is 19.5 Å². The lowest BCUT2D eigenvalue weighted by molar-refractivity contribution is -0.385. The molecule has 0 radical (unpaired) electrons. The fourth-order valence-electron chi connectivity index (χ4n) is 2.64. The van der Waals surface area contributed by atoms with E-state index >= 15 is 0 Å². The van der Waals surface area contributed by atoms with Crippen molar-refractivity contribution in [3.8, 4) is 11.3 Å². The summed E-state index contributed by atoms with van der Waals surface area (Å²) in [5.41, 5.74) is 2.39. The molecule has 3 aromatic rings. The van der Waals surface area contributed by atoms with Crippen molar-refractivity contribution in [3.63, 3.8) is 0 Å². The average molecular weight is 387 g/mol. The molecule has 0 aliphatic rings. The molecule has 0 saturated heterocycles. The number of nitrogens with one attached hydrogen (secondary N) is 1. The summed E-state index contributed by atoms with van der Waals surface area (Å²) in [5, 5.41) is 15.2. The van der Waals surface area contributed by atoms with Crippen molar-refractivity contribution >= 4 is 15.7 Å². The first kappa shape index (κ1) is 18.7. The van der Waals surface area contributed by atoms with Crippen molar-refractivity contribution in [2.45, 2.75) is 18.4 Å². The molecule has 0 atom stereocenters. The van der Waals surface area contributed by atoms with Crippen molar-refractivity contribution in [3.05, 3.63) is 70.2 Å². The highest BCUT2D eigenvalue weighted by Gasteiger charge is 2.21. The van der Waals surface area contributed by atoms with Gasteiger partial charge in [0.25, 0.3) is 5.69 Å². The Kier molecular flexibility index (Phi) is 5.02. The van der Waals surface area contributed by atoms with Crippen molar-refractivity contribution in [2.24, 2.45) is 7.05 Å². The zero-order valence-corrected chi connectivity index (χ0v) is 15.5. The molecule has 27 heavy (non-hydrogen) atoms. The molecule has 140 valence electrons. The van der Waals surface area contributed by atoms with Gasteiger partial charge in [0.2, 0.25) is 10.0 Å². The van der Waals surface area contributed by atoms with Crippen molar-refractivity contribution in [2.75, 3.05) is 0 Å². The van der Waals surface area contributed by atoms with E-state index < -0.39 is 14.9 Å². The van der Waals surface area contributed by atoms with Crippen molar-refractivity contribution < 1.29 is 13.3 Å². The molecule has 1 aromatic carbocycles. The van der Waals surface area contributed by atoms with Crippen LogP contribution in [0.5, 0.6) is 0 Å². The summed E-state index contributed by atoms with van der Waals surface area (Å²) >= 11 is 0. The van der Waals surface area contributed by atoms with E-state index in [2.05, 4.69) is 14.8 Å². The molecule has 0 fully saturated rings. The molecule has 0 bridgehead atoms. The van der Waals surface area contributed by atoms with Gasteiger partial charge in [-0.05, 0) is 30.7 Å². The third kappa shape index (κ3) is 4.01. The second-order valence-corrected chi connectivity index (χ2v) is 7.65. The molecule has 3 rings (SSSR count). The fourth-order valence-corrected chi connectivity index (χ4v) is 3.91. The smallest absolute Gasteiger partial charge is 0.268 e. The SMILES string of the molecule is Cc1ccc([N+](=O)[O-])cc1S(=O)(=O)NCc1cc(-c2ccncc2)n(C)n1. The van der Waals surface area contributed by atoms with E-state index in [-0.39, 0.29) is 17.1 Å². The van der Waals surface area contributed by atoms with Gasteiger partial charge in [0.15, 0.2) is 0 Å². The number of hydrogen-bond acceptors (Lipinski definition) is 6. The highest BCUT2D eigenvalue weighted by molar-refractivity contribution is 7.89. The number of rotatable bonds is 6. The summed E-state index contributed by atoms with van der Waals surface area (Å²) in [6, 6.07) is 9.18. The largest absolute Gasteiger partial charge is 0.270 e. The van der Waals surface area contributed by atoms with Crippen LogP contribution in [0.25, 0.3) is 11.3 Å². The van der Waals surface area contributed by atoms with Crippen LogP contribution in [0.4, 0.5) is 5.69 Å². The van der Waals surface area contributed by atoms with Crippen LogP contribution in [-0.2, 0) is 23.6 Å². The maximum absolute atomic E-state index is 12.6. The molecule has 0 unspecified atom stereocenters. The number of nitro benzene ring substituents is 1. The summed E-state index contributed by atoms with van der Waals surface area (Å²) in [4.78, 5) is 14.1. The Bertz CT molecular complexity index is 1090. The standard InChI is InChI=1S/C17H17N5O4S/c1-12-3-4-15(22(23)24)10-17(12)27(25,26)19-11-14-9-16(21(2)20-14)13-5-7-18-8-6-13/h3-10,19H,11H2,1-2H3. The molecule has 2 heterocycles. The van der Waals surface area contributed by atoms with Gasteiger partial charge < -0.3 is 0 Å². The van der Waals surface area contributed by atoms with Crippen LogP contribution in [0, 0.1) is 17.0 Å². The number of hydrogen-bond donors (Lipinski definition) is 1. The second kappa shape index (κ2) is 7.25. The topological polar surface area (TPSA) is 120 Å². The van der Waals surface area contributed by atoms with E-state index in [0.29, 0.717) is 11.3 Å². The minimum atomic E-state index is -3.93. The Balaban J connectivity index is 1.83. The van der Waals surface area contributed by atoms with Crippen LogP contribution in [0.3, 0.4) is 0 Å². The second-order valence-electron chi connectivity index (χ2n) is 5.91. The third-order valence-electron chi connectivity index (χ3n) is 4.02. The Morgan fingerprint density at radius 3 is 2.56 bits per heavy atom. The summed E-state index contributed by atoms with van der Waals surface area (Å²) in [6.45, 7) is 1.55. The number of pyridine rings is 1. The van der Waals surface area contributed by atoms with Gasteiger partial charge in [-0.3, -0.25) is 19.8 Å². The quantitative estimate of drug-likeness (QED) is 0.511. The summed E-state index contributed by atoms with van der Waals surface area (Å²) < 4.78 is 29.3. The average Bonchev–Trinajstić information content (AvgIpc) is 3.01. The molecule has 0 aliphatic heterocycles. The number of benzene rings is 1. The molecular formula is C17H17N5O4S. The van der Waals surface area contributed by atoms with Gasteiger partial charge in [0.1, 0.15) is 0 Å². The number of nitro groups is 1. The third-order valence-corrected chi connectivity index (χ3v) is 5.57. The number of aryl methyl sites for hydroxylation is 2. The number of nitrogens with zero attached hydrogens (tertiary/aromatic N) is 4. The minimum absolute atomic E-state index is 0.0383. The number of aromatic nitrogens is 3. The highest BCUT2D eigenvalue weighted by atomic mass is 32.2. The first-order valence-electron chi connectivity index (χ1n) is 7.96. The molecule has 9 nitrogen and oxygen atoms in total.